The molecule has 2 rings (SSSR count). The van der Waals surface area contributed by atoms with Gasteiger partial charge in [0, 0.05) is 11.1 Å². The number of nitrogen functional groups attached to an aromatic ring is 1. The summed E-state index contributed by atoms with van der Waals surface area (Å²) in [7, 11) is 1.50. The highest BCUT2D eigenvalue weighted by Gasteiger charge is 2.16. The summed E-state index contributed by atoms with van der Waals surface area (Å²) in [4.78, 5) is 16.3. The summed E-state index contributed by atoms with van der Waals surface area (Å²) < 4.78 is 5.13. The van der Waals surface area contributed by atoms with Gasteiger partial charge in [-0.25, -0.2) is 4.98 Å². The highest BCUT2D eigenvalue weighted by atomic mass is 32.1. The number of amides is 1. The van der Waals surface area contributed by atoms with Crippen LogP contribution in [0.15, 0.2) is 23.6 Å². The van der Waals surface area contributed by atoms with E-state index in [1.54, 1.807) is 18.2 Å². The zero-order valence-electron chi connectivity index (χ0n) is 10.1. The van der Waals surface area contributed by atoms with E-state index in [4.69, 9.17) is 10.5 Å². The van der Waals surface area contributed by atoms with E-state index < -0.39 is 0 Å². The zero-order valence-corrected chi connectivity index (χ0v) is 10.9. The number of aryl methyl sites for hydroxylation is 1. The molecule has 0 fully saturated rings. The summed E-state index contributed by atoms with van der Waals surface area (Å²) in [5.74, 6) is 0.125. The van der Waals surface area contributed by atoms with Gasteiger partial charge >= 0.3 is 0 Å². The molecular weight excluding hydrogens is 250 g/mol. The molecule has 0 radical (unpaired) electrons. The third-order valence-electron chi connectivity index (χ3n) is 2.34. The van der Waals surface area contributed by atoms with Crippen molar-refractivity contribution in [1.29, 1.82) is 0 Å². The third-order valence-corrected chi connectivity index (χ3v) is 3.22. The quantitative estimate of drug-likeness (QED) is 0.833. The van der Waals surface area contributed by atoms with Crippen LogP contribution in [0.5, 0.6) is 5.75 Å². The standard InChI is InChI=1S/C12H13N3O2S/c1-7-6-18-12(14-7)15-11(16)10-8(13)4-3-5-9(10)17-2/h3-6H,13H2,1-2H3,(H,14,15,16). The zero-order chi connectivity index (χ0) is 13.1. The highest BCUT2D eigenvalue weighted by molar-refractivity contribution is 7.13. The normalized spacial score (nSPS) is 10.1. The van der Waals surface area contributed by atoms with Gasteiger partial charge in [0.25, 0.3) is 5.91 Å². The van der Waals surface area contributed by atoms with Crippen LogP contribution in [-0.2, 0) is 0 Å². The van der Waals surface area contributed by atoms with Crippen LogP contribution in [0, 0.1) is 6.92 Å². The Bertz CT molecular complexity index is 580. The number of aromatic nitrogens is 1. The minimum atomic E-state index is -0.320. The van der Waals surface area contributed by atoms with Crippen LogP contribution in [0.25, 0.3) is 0 Å². The summed E-state index contributed by atoms with van der Waals surface area (Å²) in [5.41, 5.74) is 7.36. The Kier molecular flexibility index (Phi) is 3.47. The number of nitrogens with two attached hydrogens (primary N) is 1. The van der Waals surface area contributed by atoms with Gasteiger partial charge in [-0.15, -0.1) is 11.3 Å². The fourth-order valence-electron chi connectivity index (χ4n) is 1.53. The fourth-order valence-corrected chi connectivity index (χ4v) is 2.22. The molecule has 18 heavy (non-hydrogen) atoms. The number of nitrogens with one attached hydrogen (secondary N) is 1. The van der Waals surface area contributed by atoms with Gasteiger partial charge < -0.3 is 10.5 Å². The number of thiazole rings is 1. The number of carbonyl (C=O) groups excluding carboxylic acids is 1. The Hall–Kier alpha value is -2.08. The van der Waals surface area contributed by atoms with Crippen molar-refractivity contribution in [3.8, 4) is 5.75 Å². The minimum Gasteiger partial charge on any atom is -0.496 e. The van der Waals surface area contributed by atoms with Gasteiger partial charge in [0.2, 0.25) is 0 Å². The summed E-state index contributed by atoms with van der Waals surface area (Å²) >= 11 is 1.37. The average molecular weight is 263 g/mol. The van der Waals surface area contributed by atoms with E-state index >= 15 is 0 Å². The number of hydrogen-bond acceptors (Lipinski definition) is 5. The first kappa shape index (κ1) is 12.4. The molecule has 1 aromatic heterocycles. The Morgan fingerprint density at radius 1 is 1.50 bits per heavy atom. The molecule has 94 valence electrons. The monoisotopic (exact) mass is 263 g/mol. The number of anilines is 2. The van der Waals surface area contributed by atoms with Crippen molar-refractivity contribution in [2.75, 3.05) is 18.2 Å². The van der Waals surface area contributed by atoms with Crippen molar-refractivity contribution in [2.45, 2.75) is 6.92 Å². The Labute approximate surface area is 109 Å². The van der Waals surface area contributed by atoms with Gasteiger partial charge in [-0.05, 0) is 19.1 Å². The second-order valence-corrected chi connectivity index (χ2v) is 4.53. The lowest BCUT2D eigenvalue weighted by Gasteiger charge is -2.10. The van der Waals surface area contributed by atoms with E-state index in [-0.39, 0.29) is 5.91 Å². The van der Waals surface area contributed by atoms with Crippen LogP contribution < -0.4 is 15.8 Å². The number of methoxy groups -OCH3 is 1. The summed E-state index contributed by atoms with van der Waals surface area (Å²) in [6.07, 6.45) is 0. The third kappa shape index (κ3) is 2.43. The number of benzene rings is 1. The molecule has 1 heterocycles. The molecule has 6 heteroatoms. The van der Waals surface area contributed by atoms with E-state index in [2.05, 4.69) is 10.3 Å². The molecule has 0 saturated heterocycles. The van der Waals surface area contributed by atoms with Crippen LogP contribution in [0.1, 0.15) is 16.1 Å². The van der Waals surface area contributed by atoms with Crippen LogP contribution in [0.4, 0.5) is 10.8 Å². The van der Waals surface area contributed by atoms with Gasteiger partial charge in [0.15, 0.2) is 5.13 Å². The van der Waals surface area contributed by atoms with Crippen molar-refractivity contribution in [3.05, 3.63) is 34.8 Å². The van der Waals surface area contributed by atoms with Crippen LogP contribution in [0.2, 0.25) is 0 Å². The van der Waals surface area contributed by atoms with E-state index in [0.717, 1.165) is 5.69 Å². The molecular formula is C12H13N3O2S. The van der Waals surface area contributed by atoms with Gasteiger partial charge in [-0.2, -0.15) is 0 Å². The summed E-state index contributed by atoms with van der Waals surface area (Å²) in [6, 6.07) is 5.08. The second kappa shape index (κ2) is 5.05. The molecule has 0 atom stereocenters. The van der Waals surface area contributed by atoms with Crippen molar-refractivity contribution in [3.63, 3.8) is 0 Å². The molecule has 5 nitrogen and oxygen atoms in total. The lowest BCUT2D eigenvalue weighted by molar-refractivity contribution is 0.102. The fraction of sp³-hybridized carbons (Fsp3) is 0.167. The Morgan fingerprint density at radius 2 is 2.28 bits per heavy atom. The van der Waals surface area contributed by atoms with Crippen LogP contribution >= 0.6 is 11.3 Å². The molecule has 0 aliphatic rings. The first-order valence-corrected chi connectivity index (χ1v) is 6.15. The topological polar surface area (TPSA) is 77.2 Å². The minimum absolute atomic E-state index is 0.320. The van der Waals surface area contributed by atoms with Crippen molar-refractivity contribution < 1.29 is 9.53 Å². The maximum Gasteiger partial charge on any atom is 0.263 e. The predicted molar refractivity (Wildman–Crippen MR) is 72.2 cm³/mol. The van der Waals surface area contributed by atoms with Crippen molar-refractivity contribution in [1.82, 2.24) is 4.98 Å². The lowest BCUT2D eigenvalue weighted by atomic mass is 10.1. The molecule has 2 aromatic rings. The SMILES string of the molecule is COc1cccc(N)c1C(=O)Nc1nc(C)cs1. The highest BCUT2D eigenvalue weighted by Crippen LogP contribution is 2.25. The van der Waals surface area contributed by atoms with E-state index in [1.807, 2.05) is 12.3 Å². The van der Waals surface area contributed by atoms with Crippen molar-refractivity contribution in [2.24, 2.45) is 0 Å². The largest absolute Gasteiger partial charge is 0.496 e. The number of nitrogens with zero attached hydrogens (tertiary/aromatic N) is 1. The van der Waals surface area contributed by atoms with Gasteiger partial charge in [-0.3, -0.25) is 10.1 Å². The summed E-state index contributed by atoms with van der Waals surface area (Å²) in [6.45, 7) is 1.86. The smallest absolute Gasteiger partial charge is 0.263 e. The van der Waals surface area contributed by atoms with Gasteiger partial charge in [-0.1, -0.05) is 6.07 Å². The molecule has 0 aliphatic heterocycles. The van der Waals surface area contributed by atoms with Gasteiger partial charge in [0.05, 0.1) is 12.8 Å². The average Bonchev–Trinajstić information content (AvgIpc) is 2.74. The molecule has 0 bridgehead atoms. The molecule has 1 amide bonds. The molecule has 0 aliphatic carbocycles. The maximum absolute atomic E-state index is 12.1. The molecule has 0 saturated carbocycles. The second-order valence-electron chi connectivity index (χ2n) is 3.67. The first-order chi connectivity index (χ1) is 8.61. The Balaban J connectivity index is 2.28. The molecule has 0 spiro atoms. The predicted octanol–water partition coefficient (Wildman–Crippen LogP) is 2.29. The van der Waals surface area contributed by atoms with Crippen LogP contribution in [0.3, 0.4) is 0 Å². The number of ether oxygens (including phenoxy) is 1. The maximum atomic E-state index is 12.1. The number of hydrogen-bond donors (Lipinski definition) is 2. The van der Waals surface area contributed by atoms with Crippen LogP contribution in [-0.4, -0.2) is 18.0 Å². The van der Waals surface area contributed by atoms with Gasteiger partial charge in [0.1, 0.15) is 11.3 Å². The molecule has 1 aromatic carbocycles. The summed E-state index contributed by atoms with van der Waals surface area (Å²) in [5, 5.41) is 5.11. The molecule has 0 unspecified atom stereocenters. The number of carbonyl (C=O) groups is 1. The number of rotatable bonds is 3. The van der Waals surface area contributed by atoms with Crippen molar-refractivity contribution >= 4 is 28.1 Å². The van der Waals surface area contributed by atoms with E-state index in [1.165, 1.54) is 18.4 Å². The van der Waals surface area contributed by atoms with E-state index in [0.29, 0.717) is 22.1 Å². The Morgan fingerprint density at radius 3 is 2.89 bits per heavy atom. The first-order valence-electron chi connectivity index (χ1n) is 5.27. The molecule has 3 N–H and O–H groups in total. The lowest BCUT2D eigenvalue weighted by Crippen LogP contribution is -2.15. The van der Waals surface area contributed by atoms with E-state index in [9.17, 15) is 4.79 Å².